The predicted molar refractivity (Wildman–Crippen MR) is 28.8 cm³/mol. The molecule has 4 heteroatoms. The first kappa shape index (κ1) is 7.84. The molecule has 0 saturated carbocycles. The van der Waals surface area contributed by atoms with Crippen molar-refractivity contribution in [2.75, 3.05) is 13.2 Å². The quantitative estimate of drug-likeness (QED) is 0.319. The first-order valence-electron chi connectivity index (χ1n) is 2.52. The third kappa shape index (κ3) is 2.23. The Labute approximate surface area is 48.1 Å². The number of aliphatic hydroxyl groups is 2. The van der Waals surface area contributed by atoms with Gasteiger partial charge in [-0.05, 0) is 0 Å². The van der Waals surface area contributed by atoms with E-state index in [0.717, 1.165) is 0 Å². The number of quaternary nitrogens is 1. The Morgan fingerprint density at radius 3 is 2.00 bits per heavy atom. The van der Waals surface area contributed by atoms with E-state index < -0.39 is 0 Å². The van der Waals surface area contributed by atoms with Crippen LogP contribution in [0, 0.1) is 0 Å². The summed E-state index contributed by atoms with van der Waals surface area (Å²) in [6, 6.07) is -0.639. The molecule has 0 aliphatic heterocycles. The lowest BCUT2D eigenvalue weighted by Crippen LogP contribution is -2.71. The minimum Gasteiger partial charge on any atom is -0.395 e. The Morgan fingerprint density at radius 1 is 1.38 bits per heavy atom. The fourth-order valence-electron chi connectivity index (χ4n) is 0.284. The second kappa shape index (κ2) is 3.80. The van der Waals surface area contributed by atoms with Gasteiger partial charge in [0.05, 0.1) is 19.3 Å². The van der Waals surface area contributed by atoms with E-state index in [0.29, 0.717) is 0 Å². The van der Waals surface area contributed by atoms with Crippen molar-refractivity contribution in [3.63, 3.8) is 0 Å². The van der Waals surface area contributed by atoms with Crippen LogP contribution in [0.4, 0.5) is 0 Å². The Balaban J connectivity index is 3.29. The van der Waals surface area contributed by atoms with Gasteiger partial charge in [0.25, 0.3) is 0 Å². The molecule has 7 N–H and O–H groups in total. The van der Waals surface area contributed by atoms with Gasteiger partial charge in [0.15, 0.2) is 0 Å². The highest BCUT2D eigenvalue weighted by molar-refractivity contribution is 4.66. The molecule has 0 radical (unpaired) electrons. The second-order valence-electron chi connectivity index (χ2n) is 1.79. The molecule has 4 nitrogen and oxygen atoms in total. The van der Waals surface area contributed by atoms with Crippen LogP contribution in [0.3, 0.4) is 0 Å². The van der Waals surface area contributed by atoms with Crippen molar-refractivity contribution in [1.29, 1.82) is 0 Å². The molecular weight excluding hydrogens is 108 g/mol. The highest BCUT2D eigenvalue weighted by Crippen LogP contribution is 1.78. The Bertz CT molecular complexity index is 52.0. The van der Waals surface area contributed by atoms with Crippen LogP contribution in [-0.4, -0.2) is 35.5 Å². The Kier molecular flexibility index (Phi) is 3.72. The minimum absolute atomic E-state index is 0.0677. The summed E-state index contributed by atoms with van der Waals surface area (Å²) in [5.41, 5.74) is 8.75. The molecule has 0 aromatic carbocycles. The van der Waals surface area contributed by atoms with Crippen molar-refractivity contribution in [3.05, 3.63) is 0 Å². The predicted octanol–water partition coefficient (Wildman–Crippen LogP) is -3.09. The molecule has 8 heavy (non-hydrogen) atoms. The molecule has 2 atom stereocenters. The molecule has 0 aliphatic carbocycles. The van der Waals surface area contributed by atoms with Crippen LogP contribution in [0.2, 0.25) is 0 Å². The van der Waals surface area contributed by atoms with Gasteiger partial charge in [-0.1, -0.05) is 0 Å². The summed E-state index contributed by atoms with van der Waals surface area (Å²) in [7, 11) is 0. The monoisotopic (exact) mass is 121 g/mol. The highest BCUT2D eigenvalue weighted by Gasteiger charge is 2.12. The molecule has 0 amide bonds. The number of aliphatic hydroxyl groups excluding tert-OH is 2. The molecule has 0 spiro atoms. The van der Waals surface area contributed by atoms with E-state index in [-0.39, 0.29) is 25.3 Å². The molecule has 0 bridgehead atoms. The highest BCUT2D eigenvalue weighted by atomic mass is 16.3. The lowest BCUT2D eigenvalue weighted by molar-refractivity contribution is -0.430. The van der Waals surface area contributed by atoms with Crippen molar-refractivity contribution in [3.8, 4) is 0 Å². The van der Waals surface area contributed by atoms with Crippen molar-refractivity contribution in [2.45, 2.75) is 12.1 Å². The summed E-state index contributed by atoms with van der Waals surface area (Å²) in [5.74, 6) is 0. The van der Waals surface area contributed by atoms with Gasteiger partial charge in [0, 0.05) is 0 Å². The summed E-state index contributed by atoms with van der Waals surface area (Å²) in [5, 5.41) is 16.7. The van der Waals surface area contributed by atoms with Gasteiger partial charge < -0.3 is 21.7 Å². The van der Waals surface area contributed by atoms with Crippen LogP contribution >= 0.6 is 0 Å². The summed E-state index contributed by atoms with van der Waals surface area (Å²) in [4.78, 5) is 0. The number of nitrogens with two attached hydrogens (primary N) is 1. The fraction of sp³-hybridized carbons (Fsp3) is 1.00. The molecule has 0 rings (SSSR count). The third-order valence-electron chi connectivity index (χ3n) is 1.05. The minimum atomic E-state index is -0.389. The Hall–Kier alpha value is -0.160. The standard InChI is InChI=1S/C4H12N2O2/c5-3(1-7)4(6)2-8/h3-4,7-8H,1-2,5-6H2/p+1/t3-,4-/m0/s1. The van der Waals surface area contributed by atoms with Gasteiger partial charge in [-0.25, -0.2) is 0 Å². The summed E-state index contributed by atoms with van der Waals surface area (Å²) in [6.45, 7) is -0.184. The van der Waals surface area contributed by atoms with E-state index in [4.69, 9.17) is 15.9 Å². The Morgan fingerprint density at radius 2 is 1.88 bits per heavy atom. The maximum absolute atomic E-state index is 8.38. The van der Waals surface area contributed by atoms with Crippen LogP contribution in [0.1, 0.15) is 0 Å². The first-order chi connectivity index (χ1) is 3.72. The SMILES string of the molecule is N[C@@H](CO)[C@@H]([NH3+])CO. The molecular formula is C4H13N2O2+. The average Bonchev–Trinajstić information content (AvgIpc) is 1.84. The average molecular weight is 121 g/mol. The zero-order valence-corrected chi connectivity index (χ0v) is 4.75. The van der Waals surface area contributed by atoms with Gasteiger partial charge in [0.1, 0.15) is 6.04 Å². The van der Waals surface area contributed by atoms with Crippen LogP contribution < -0.4 is 11.5 Å². The van der Waals surface area contributed by atoms with E-state index in [1.165, 1.54) is 0 Å². The molecule has 0 fully saturated rings. The number of rotatable bonds is 3. The lowest BCUT2D eigenvalue weighted by atomic mass is 10.2. The van der Waals surface area contributed by atoms with Crippen LogP contribution in [0.15, 0.2) is 0 Å². The van der Waals surface area contributed by atoms with E-state index in [2.05, 4.69) is 5.73 Å². The van der Waals surface area contributed by atoms with Gasteiger partial charge in [-0.2, -0.15) is 0 Å². The number of hydrogen-bond donors (Lipinski definition) is 4. The van der Waals surface area contributed by atoms with Crippen LogP contribution in [0.25, 0.3) is 0 Å². The zero-order valence-electron chi connectivity index (χ0n) is 4.75. The fourth-order valence-corrected chi connectivity index (χ4v) is 0.284. The molecule has 0 unspecified atom stereocenters. The zero-order chi connectivity index (χ0) is 6.57. The van der Waals surface area contributed by atoms with Crippen molar-refractivity contribution < 1.29 is 15.9 Å². The summed E-state index contributed by atoms with van der Waals surface area (Å²) < 4.78 is 0. The van der Waals surface area contributed by atoms with Gasteiger partial charge in [0.2, 0.25) is 0 Å². The maximum atomic E-state index is 8.38. The molecule has 50 valence electrons. The smallest absolute Gasteiger partial charge is 0.125 e. The van der Waals surface area contributed by atoms with Crippen LogP contribution in [-0.2, 0) is 0 Å². The van der Waals surface area contributed by atoms with Crippen molar-refractivity contribution in [1.82, 2.24) is 0 Å². The van der Waals surface area contributed by atoms with E-state index in [9.17, 15) is 0 Å². The van der Waals surface area contributed by atoms with Crippen LogP contribution in [0.5, 0.6) is 0 Å². The van der Waals surface area contributed by atoms with Gasteiger partial charge >= 0.3 is 0 Å². The third-order valence-corrected chi connectivity index (χ3v) is 1.05. The largest absolute Gasteiger partial charge is 0.395 e. The second-order valence-corrected chi connectivity index (χ2v) is 1.79. The summed E-state index contributed by atoms with van der Waals surface area (Å²) >= 11 is 0. The number of hydrogen-bond acceptors (Lipinski definition) is 3. The van der Waals surface area contributed by atoms with Gasteiger partial charge in [-0.3, -0.25) is 0 Å². The molecule has 0 aromatic heterocycles. The van der Waals surface area contributed by atoms with Crippen molar-refractivity contribution in [2.24, 2.45) is 5.73 Å². The van der Waals surface area contributed by atoms with E-state index in [1.54, 1.807) is 0 Å². The maximum Gasteiger partial charge on any atom is 0.125 e. The lowest BCUT2D eigenvalue weighted by Gasteiger charge is -2.09. The topological polar surface area (TPSA) is 94.1 Å². The van der Waals surface area contributed by atoms with E-state index >= 15 is 0 Å². The van der Waals surface area contributed by atoms with Gasteiger partial charge in [-0.15, -0.1) is 0 Å². The molecule has 0 aliphatic rings. The molecule has 0 heterocycles. The van der Waals surface area contributed by atoms with E-state index in [1.807, 2.05) is 0 Å². The molecule has 0 aromatic rings. The van der Waals surface area contributed by atoms with Crippen molar-refractivity contribution >= 4 is 0 Å². The molecule has 0 saturated heterocycles. The summed E-state index contributed by atoms with van der Waals surface area (Å²) in [6.07, 6.45) is 0. The first-order valence-corrected chi connectivity index (χ1v) is 2.52. The normalized spacial score (nSPS) is 18.0.